The zero-order valence-electron chi connectivity index (χ0n) is 15.7. The molecule has 2 fully saturated rings. The van der Waals surface area contributed by atoms with E-state index in [1.807, 2.05) is 0 Å². The van der Waals surface area contributed by atoms with Gasteiger partial charge in [-0.2, -0.15) is 0 Å². The van der Waals surface area contributed by atoms with Gasteiger partial charge in [0.2, 0.25) is 0 Å². The number of pyridine rings is 1. The van der Waals surface area contributed by atoms with Crippen molar-refractivity contribution in [1.29, 1.82) is 0 Å². The number of anilines is 1. The highest BCUT2D eigenvalue weighted by Gasteiger charge is 2.61. The maximum absolute atomic E-state index is 13.5. The Morgan fingerprint density at radius 3 is 2.35 bits per heavy atom. The average Bonchev–Trinajstić information content (AvgIpc) is 3.07. The first-order valence-corrected chi connectivity index (χ1v) is 9.84. The standard InChI is InChI=1S/C19H15Cl2F3N4O3/c20-14-5-12(6-15(21)26-14)28-16(29)18(8-11(25)9-27(18)17(28)30)7-10-1-3-13(4-2-10)31-19(22,23)24/h1-6,11H,7-9,25H2/t11-,18+/m0/s1. The Morgan fingerprint density at radius 1 is 1.16 bits per heavy atom. The Hall–Kier alpha value is -2.56. The number of alkyl halides is 3. The molecule has 12 heteroatoms. The minimum Gasteiger partial charge on any atom is -0.406 e. The van der Waals surface area contributed by atoms with Crippen molar-refractivity contribution < 1.29 is 27.5 Å². The number of aromatic nitrogens is 1. The molecule has 2 saturated heterocycles. The summed E-state index contributed by atoms with van der Waals surface area (Å²) in [4.78, 5) is 32.8. The molecule has 3 amide bonds. The Morgan fingerprint density at radius 2 is 1.77 bits per heavy atom. The summed E-state index contributed by atoms with van der Waals surface area (Å²) >= 11 is 11.8. The third-order valence-electron chi connectivity index (χ3n) is 5.22. The van der Waals surface area contributed by atoms with Crippen LogP contribution in [0.5, 0.6) is 5.75 Å². The molecule has 1 aromatic heterocycles. The Labute approximate surface area is 184 Å². The number of urea groups is 1. The van der Waals surface area contributed by atoms with Crippen LogP contribution in [0.3, 0.4) is 0 Å². The smallest absolute Gasteiger partial charge is 0.406 e. The van der Waals surface area contributed by atoms with Crippen LogP contribution in [-0.4, -0.2) is 46.3 Å². The van der Waals surface area contributed by atoms with Crippen LogP contribution in [0, 0.1) is 0 Å². The predicted octanol–water partition coefficient (Wildman–Crippen LogP) is 3.77. The van der Waals surface area contributed by atoms with Gasteiger partial charge in [-0.1, -0.05) is 35.3 Å². The van der Waals surface area contributed by atoms with E-state index in [2.05, 4.69) is 9.72 Å². The number of amides is 3. The lowest BCUT2D eigenvalue weighted by atomic mass is 9.87. The van der Waals surface area contributed by atoms with E-state index in [1.165, 1.54) is 29.2 Å². The van der Waals surface area contributed by atoms with E-state index in [1.54, 1.807) is 0 Å². The lowest BCUT2D eigenvalue weighted by Crippen LogP contribution is -2.47. The lowest BCUT2D eigenvalue weighted by Gasteiger charge is -2.28. The van der Waals surface area contributed by atoms with Crippen molar-refractivity contribution in [3.63, 3.8) is 0 Å². The van der Waals surface area contributed by atoms with Crippen LogP contribution in [0.15, 0.2) is 36.4 Å². The van der Waals surface area contributed by atoms with Crippen molar-refractivity contribution in [3.05, 3.63) is 52.3 Å². The molecule has 164 valence electrons. The number of halogens is 5. The van der Waals surface area contributed by atoms with Gasteiger partial charge < -0.3 is 15.4 Å². The summed E-state index contributed by atoms with van der Waals surface area (Å²) in [5, 5.41) is 0.0299. The maximum Gasteiger partial charge on any atom is 0.573 e. The molecule has 0 radical (unpaired) electrons. The Kier molecular flexibility index (Phi) is 5.27. The number of rotatable bonds is 4. The van der Waals surface area contributed by atoms with Gasteiger partial charge >= 0.3 is 12.4 Å². The molecule has 2 aliphatic rings. The topological polar surface area (TPSA) is 88.8 Å². The van der Waals surface area contributed by atoms with Crippen molar-refractivity contribution in [3.8, 4) is 5.75 Å². The van der Waals surface area contributed by atoms with Gasteiger partial charge in [-0.15, -0.1) is 13.2 Å². The molecule has 0 aliphatic carbocycles. The summed E-state index contributed by atoms with van der Waals surface area (Å²) < 4.78 is 41.0. The van der Waals surface area contributed by atoms with Crippen molar-refractivity contribution >= 4 is 40.8 Å². The molecule has 0 bridgehead atoms. The van der Waals surface area contributed by atoms with Gasteiger partial charge in [-0.25, -0.2) is 14.7 Å². The van der Waals surface area contributed by atoms with Crippen LogP contribution >= 0.6 is 23.2 Å². The molecule has 3 heterocycles. The quantitative estimate of drug-likeness (QED) is 0.538. The fourth-order valence-electron chi connectivity index (χ4n) is 4.10. The molecule has 1 aromatic carbocycles. The molecule has 2 aromatic rings. The van der Waals surface area contributed by atoms with Gasteiger partial charge in [0.25, 0.3) is 5.91 Å². The molecule has 31 heavy (non-hydrogen) atoms. The van der Waals surface area contributed by atoms with Crippen molar-refractivity contribution in [2.45, 2.75) is 30.8 Å². The minimum atomic E-state index is -4.81. The summed E-state index contributed by atoms with van der Waals surface area (Å²) in [7, 11) is 0. The van der Waals surface area contributed by atoms with Gasteiger partial charge in [-0.3, -0.25) is 4.79 Å². The lowest BCUT2D eigenvalue weighted by molar-refractivity contribution is -0.274. The van der Waals surface area contributed by atoms with Crippen LogP contribution in [-0.2, 0) is 11.2 Å². The zero-order chi connectivity index (χ0) is 22.6. The molecular weight excluding hydrogens is 460 g/mol. The van der Waals surface area contributed by atoms with E-state index in [0.29, 0.717) is 5.56 Å². The van der Waals surface area contributed by atoms with E-state index >= 15 is 0 Å². The van der Waals surface area contributed by atoms with Crippen molar-refractivity contribution in [1.82, 2.24) is 9.88 Å². The minimum absolute atomic E-state index is 0.0150. The number of hydrogen-bond acceptors (Lipinski definition) is 5. The molecule has 2 N–H and O–H groups in total. The summed E-state index contributed by atoms with van der Waals surface area (Å²) in [6.45, 7) is 0.156. The van der Waals surface area contributed by atoms with Gasteiger partial charge in [0, 0.05) is 19.0 Å². The number of carbonyl (C=O) groups is 2. The van der Waals surface area contributed by atoms with Crippen molar-refractivity contribution in [2.75, 3.05) is 11.4 Å². The molecule has 7 nitrogen and oxygen atoms in total. The van der Waals surface area contributed by atoms with Crippen LogP contribution in [0.4, 0.5) is 23.7 Å². The number of hydrogen-bond donors (Lipinski definition) is 1. The first kappa shape index (κ1) is 21.7. The van der Waals surface area contributed by atoms with Gasteiger partial charge in [0.15, 0.2) is 0 Å². The van der Waals surface area contributed by atoms with Crippen molar-refractivity contribution in [2.24, 2.45) is 5.73 Å². The molecule has 2 atom stereocenters. The Bertz CT molecular complexity index is 1030. The normalized spacial score (nSPS) is 23.5. The van der Waals surface area contributed by atoms with Crippen LogP contribution in [0.1, 0.15) is 12.0 Å². The number of benzene rings is 1. The van der Waals surface area contributed by atoms with E-state index in [-0.39, 0.29) is 41.1 Å². The van der Waals surface area contributed by atoms with Gasteiger partial charge in [-0.05, 0) is 36.2 Å². The Balaban J connectivity index is 1.66. The number of fused-ring (bicyclic) bond motifs is 1. The van der Waals surface area contributed by atoms with Crippen LogP contribution in [0.25, 0.3) is 0 Å². The second kappa shape index (κ2) is 7.54. The summed E-state index contributed by atoms with van der Waals surface area (Å²) in [6, 6.07) is 6.84. The average molecular weight is 475 g/mol. The summed E-state index contributed by atoms with van der Waals surface area (Å²) in [5.41, 5.74) is 5.50. The van der Waals surface area contributed by atoms with E-state index in [4.69, 9.17) is 28.9 Å². The monoisotopic (exact) mass is 474 g/mol. The maximum atomic E-state index is 13.5. The number of carbonyl (C=O) groups excluding carboxylic acids is 2. The molecule has 0 saturated carbocycles. The largest absolute Gasteiger partial charge is 0.573 e. The van der Waals surface area contributed by atoms with Crippen LogP contribution < -0.4 is 15.4 Å². The number of nitrogens with two attached hydrogens (primary N) is 1. The van der Waals surface area contributed by atoms with Crippen LogP contribution in [0.2, 0.25) is 10.3 Å². The second-order valence-electron chi connectivity index (χ2n) is 7.37. The molecular formula is C19H15Cl2F3N4O3. The number of ether oxygens (including phenoxy) is 1. The molecule has 0 unspecified atom stereocenters. The number of imide groups is 1. The number of nitrogens with zero attached hydrogens (tertiary/aromatic N) is 3. The van der Waals surface area contributed by atoms with Gasteiger partial charge in [0.1, 0.15) is 21.6 Å². The predicted molar refractivity (Wildman–Crippen MR) is 106 cm³/mol. The van der Waals surface area contributed by atoms with E-state index in [0.717, 1.165) is 17.0 Å². The first-order valence-electron chi connectivity index (χ1n) is 9.08. The second-order valence-corrected chi connectivity index (χ2v) is 8.14. The molecule has 0 spiro atoms. The fraction of sp³-hybridized carbons (Fsp3) is 0.316. The van der Waals surface area contributed by atoms with Gasteiger partial charge in [0.05, 0.1) is 5.69 Å². The third kappa shape index (κ3) is 4.02. The summed E-state index contributed by atoms with van der Waals surface area (Å²) in [6.07, 6.45) is -4.54. The molecule has 2 aliphatic heterocycles. The highest BCUT2D eigenvalue weighted by molar-refractivity contribution is 6.33. The molecule has 4 rings (SSSR count). The summed E-state index contributed by atoms with van der Waals surface area (Å²) in [5.74, 6) is -0.898. The van der Waals surface area contributed by atoms with E-state index in [9.17, 15) is 22.8 Å². The first-order chi connectivity index (χ1) is 14.5. The SMILES string of the molecule is N[C@@H]1CN2C(=O)N(c3cc(Cl)nc(Cl)c3)C(=O)[C@@]2(Cc2ccc(OC(F)(F)F)cc2)C1. The fourth-order valence-corrected chi connectivity index (χ4v) is 4.55. The zero-order valence-corrected chi connectivity index (χ0v) is 17.2. The highest BCUT2D eigenvalue weighted by Crippen LogP contribution is 2.42. The highest BCUT2D eigenvalue weighted by atomic mass is 35.5. The third-order valence-corrected chi connectivity index (χ3v) is 5.60. The van der Waals surface area contributed by atoms with E-state index < -0.39 is 29.9 Å².